The van der Waals surface area contributed by atoms with Crippen molar-refractivity contribution in [2.24, 2.45) is 5.92 Å². The van der Waals surface area contributed by atoms with Crippen molar-refractivity contribution in [1.29, 1.82) is 0 Å². The van der Waals surface area contributed by atoms with Gasteiger partial charge in [-0.15, -0.1) is 0 Å². The van der Waals surface area contributed by atoms with Gasteiger partial charge in [0.05, 0.1) is 5.69 Å². The zero-order valence-corrected chi connectivity index (χ0v) is 15.0. The first kappa shape index (κ1) is 17.0. The third-order valence-corrected chi connectivity index (χ3v) is 3.76. The van der Waals surface area contributed by atoms with Crippen LogP contribution in [0.3, 0.4) is 0 Å². The molecular weight excluding hydrogens is 308 g/mol. The molecule has 0 saturated heterocycles. The number of nitrogens with zero attached hydrogens (tertiary/aromatic N) is 2. The van der Waals surface area contributed by atoms with Gasteiger partial charge in [0.2, 0.25) is 5.95 Å². The maximum atomic E-state index is 4.69. The Morgan fingerprint density at radius 3 is 2.44 bits per heavy atom. The lowest BCUT2D eigenvalue weighted by Crippen LogP contribution is -2.10. The second kappa shape index (κ2) is 7.79. The highest BCUT2D eigenvalue weighted by Gasteiger charge is 2.08. The summed E-state index contributed by atoms with van der Waals surface area (Å²) >= 11 is 0. The van der Waals surface area contributed by atoms with E-state index < -0.39 is 0 Å². The van der Waals surface area contributed by atoms with Crippen LogP contribution in [0.1, 0.15) is 19.4 Å². The van der Waals surface area contributed by atoms with E-state index in [4.69, 9.17) is 4.98 Å². The summed E-state index contributed by atoms with van der Waals surface area (Å²) in [7, 11) is 0. The molecule has 3 aromatic rings. The number of hydrogen-bond acceptors (Lipinski definition) is 4. The second-order valence-corrected chi connectivity index (χ2v) is 6.60. The molecule has 25 heavy (non-hydrogen) atoms. The largest absolute Gasteiger partial charge is 0.370 e. The minimum atomic E-state index is 0.545. The van der Waals surface area contributed by atoms with Crippen molar-refractivity contribution in [2.45, 2.75) is 20.8 Å². The highest BCUT2D eigenvalue weighted by Crippen LogP contribution is 2.23. The summed E-state index contributed by atoms with van der Waals surface area (Å²) in [5, 5.41) is 6.72. The number of hydrogen-bond donors (Lipinski definition) is 2. The van der Waals surface area contributed by atoms with Crippen LogP contribution in [0.4, 0.5) is 17.5 Å². The molecule has 0 aliphatic rings. The van der Waals surface area contributed by atoms with E-state index in [1.165, 1.54) is 5.56 Å². The van der Waals surface area contributed by atoms with E-state index in [0.717, 1.165) is 29.3 Å². The quantitative estimate of drug-likeness (QED) is 0.646. The van der Waals surface area contributed by atoms with E-state index in [0.29, 0.717) is 11.9 Å². The molecule has 0 radical (unpaired) electrons. The highest BCUT2D eigenvalue weighted by molar-refractivity contribution is 5.66. The molecule has 0 aliphatic heterocycles. The molecule has 3 rings (SSSR count). The molecule has 0 amide bonds. The van der Waals surface area contributed by atoms with Gasteiger partial charge in [-0.1, -0.05) is 56.3 Å². The Balaban J connectivity index is 1.94. The van der Waals surface area contributed by atoms with Crippen molar-refractivity contribution < 1.29 is 0 Å². The zero-order valence-electron chi connectivity index (χ0n) is 15.0. The van der Waals surface area contributed by atoms with Crippen LogP contribution in [0.25, 0.3) is 11.3 Å². The van der Waals surface area contributed by atoms with Crippen LogP contribution in [0, 0.1) is 12.8 Å². The van der Waals surface area contributed by atoms with Gasteiger partial charge in [-0.05, 0) is 30.5 Å². The average molecular weight is 332 g/mol. The minimum absolute atomic E-state index is 0.545. The fourth-order valence-electron chi connectivity index (χ4n) is 2.51. The van der Waals surface area contributed by atoms with Gasteiger partial charge >= 0.3 is 0 Å². The van der Waals surface area contributed by atoms with Gasteiger partial charge in [-0.25, -0.2) is 4.98 Å². The molecule has 0 bridgehead atoms. The molecule has 0 unspecified atom stereocenters. The lowest BCUT2D eigenvalue weighted by atomic mass is 10.1. The van der Waals surface area contributed by atoms with Crippen molar-refractivity contribution in [3.63, 3.8) is 0 Å². The highest BCUT2D eigenvalue weighted by atomic mass is 15.1. The van der Waals surface area contributed by atoms with Crippen molar-refractivity contribution in [3.05, 3.63) is 66.2 Å². The predicted molar refractivity (Wildman–Crippen MR) is 105 cm³/mol. The number of benzene rings is 2. The first-order chi connectivity index (χ1) is 12.1. The van der Waals surface area contributed by atoms with Gasteiger partial charge in [-0.2, -0.15) is 4.98 Å². The molecule has 1 heterocycles. The third kappa shape index (κ3) is 4.80. The normalized spacial score (nSPS) is 10.7. The second-order valence-electron chi connectivity index (χ2n) is 6.60. The number of nitrogens with one attached hydrogen (secondary N) is 2. The Morgan fingerprint density at radius 2 is 1.72 bits per heavy atom. The minimum Gasteiger partial charge on any atom is -0.370 e. The summed E-state index contributed by atoms with van der Waals surface area (Å²) < 4.78 is 0. The maximum Gasteiger partial charge on any atom is 0.229 e. The summed E-state index contributed by atoms with van der Waals surface area (Å²) in [6.45, 7) is 7.30. The average Bonchev–Trinajstić information content (AvgIpc) is 2.60. The van der Waals surface area contributed by atoms with Crippen molar-refractivity contribution in [2.75, 3.05) is 17.2 Å². The van der Waals surface area contributed by atoms with Gasteiger partial charge in [-0.3, -0.25) is 0 Å². The van der Waals surface area contributed by atoms with E-state index in [2.05, 4.69) is 60.7 Å². The Hall–Kier alpha value is -2.88. The van der Waals surface area contributed by atoms with Crippen LogP contribution in [0.15, 0.2) is 60.7 Å². The Bertz CT molecular complexity index is 828. The molecule has 1 aromatic heterocycles. The summed E-state index contributed by atoms with van der Waals surface area (Å²) in [6, 6.07) is 20.4. The fourth-order valence-corrected chi connectivity index (χ4v) is 2.51. The van der Waals surface area contributed by atoms with E-state index in [1.54, 1.807) is 0 Å². The first-order valence-electron chi connectivity index (χ1n) is 8.62. The number of anilines is 3. The molecule has 0 saturated carbocycles. The lowest BCUT2D eigenvalue weighted by molar-refractivity contribution is 0.687. The van der Waals surface area contributed by atoms with Gasteiger partial charge in [0.15, 0.2) is 0 Å². The molecular formula is C21H24N4. The lowest BCUT2D eigenvalue weighted by Gasteiger charge is -2.13. The summed E-state index contributed by atoms with van der Waals surface area (Å²) in [5.74, 6) is 1.97. The van der Waals surface area contributed by atoms with Crippen LogP contribution < -0.4 is 10.6 Å². The Morgan fingerprint density at radius 1 is 0.920 bits per heavy atom. The Labute approximate surface area is 149 Å². The van der Waals surface area contributed by atoms with Crippen LogP contribution >= 0.6 is 0 Å². The molecule has 0 spiro atoms. The summed E-state index contributed by atoms with van der Waals surface area (Å²) in [5.41, 5.74) is 4.16. The molecule has 128 valence electrons. The van der Waals surface area contributed by atoms with E-state index >= 15 is 0 Å². The molecule has 0 aliphatic carbocycles. The van der Waals surface area contributed by atoms with Gasteiger partial charge in [0, 0.05) is 23.9 Å². The molecule has 0 atom stereocenters. The van der Waals surface area contributed by atoms with Gasteiger partial charge < -0.3 is 10.6 Å². The molecule has 2 aromatic carbocycles. The van der Waals surface area contributed by atoms with Crippen molar-refractivity contribution in [3.8, 4) is 11.3 Å². The smallest absolute Gasteiger partial charge is 0.229 e. The molecule has 4 heteroatoms. The number of aromatic nitrogens is 2. The SMILES string of the molecule is Cc1cccc(Nc2nc(NCC(C)C)cc(-c3ccccc3)n2)c1. The number of rotatable bonds is 6. The Kier molecular flexibility index (Phi) is 5.29. The van der Waals surface area contributed by atoms with Crippen LogP contribution in [-0.4, -0.2) is 16.5 Å². The summed E-state index contributed by atoms with van der Waals surface area (Å²) in [4.78, 5) is 9.32. The standard InChI is InChI=1S/C21H24N4/c1-15(2)14-22-20-13-19(17-9-5-4-6-10-17)24-21(25-20)23-18-11-7-8-16(3)12-18/h4-13,15H,14H2,1-3H3,(H2,22,23,24,25). The van der Waals surface area contributed by atoms with Crippen molar-refractivity contribution in [1.82, 2.24) is 9.97 Å². The number of aryl methyl sites for hydroxylation is 1. The maximum absolute atomic E-state index is 4.69. The van der Waals surface area contributed by atoms with Crippen LogP contribution in [0.2, 0.25) is 0 Å². The molecule has 0 fully saturated rings. The topological polar surface area (TPSA) is 49.8 Å². The zero-order chi connectivity index (χ0) is 17.6. The molecule has 2 N–H and O–H groups in total. The fraction of sp³-hybridized carbons (Fsp3) is 0.238. The van der Waals surface area contributed by atoms with Crippen molar-refractivity contribution >= 4 is 17.5 Å². The molecule has 4 nitrogen and oxygen atoms in total. The van der Waals surface area contributed by atoms with Crippen LogP contribution in [0.5, 0.6) is 0 Å². The van der Waals surface area contributed by atoms with Gasteiger partial charge in [0.25, 0.3) is 0 Å². The summed E-state index contributed by atoms with van der Waals surface area (Å²) in [6.07, 6.45) is 0. The van der Waals surface area contributed by atoms with E-state index in [9.17, 15) is 0 Å². The first-order valence-corrected chi connectivity index (χ1v) is 8.62. The van der Waals surface area contributed by atoms with E-state index in [1.807, 2.05) is 36.4 Å². The van der Waals surface area contributed by atoms with Gasteiger partial charge in [0.1, 0.15) is 5.82 Å². The van der Waals surface area contributed by atoms with E-state index in [-0.39, 0.29) is 0 Å². The third-order valence-electron chi connectivity index (χ3n) is 3.76. The predicted octanol–water partition coefficient (Wildman–Crippen LogP) is 5.26. The van der Waals surface area contributed by atoms with Crippen LogP contribution in [-0.2, 0) is 0 Å². The monoisotopic (exact) mass is 332 g/mol.